The number of nitrogen functional groups attached to an aromatic ring is 1. The summed E-state index contributed by atoms with van der Waals surface area (Å²) in [7, 11) is 2.13. The molecule has 0 heterocycles. The summed E-state index contributed by atoms with van der Waals surface area (Å²) in [6.07, 6.45) is 0. The van der Waals surface area contributed by atoms with Crippen LogP contribution in [0.4, 0.5) is 5.69 Å². The van der Waals surface area contributed by atoms with Crippen LogP contribution in [-0.4, -0.2) is 18.0 Å². The number of nitrogens with zero attached hydrogens (tertiary/aromatic N) is 1. The molecule has 0 aliphatic rings. The summed E-state index contributed by atoms with van der Waals surface area (Å²) in [5.41, 5.74) is 7.64. The highest BCUT2D eigenvalue weighted by molar-refractivity contribution is 6.33. The van der Waals surface area contributed by atoms with E-state index in [9.17, 15) is 0 Å². The minimum atomic E-state index is 0.553. The van der Waals surface area contributed by atoms with Gasteiger partial charge in [0.25, 0.3) is 0 Å². The lowest BCUT2D eigenvalue weighted by Gasteiger charge is -2.27. The summed E-state index contributed by atoms with van der Waals surface area (Å²) in [4.78, 5) is 2.33. The van der Waals surface area contributed by atoms with E-state index in [1.807, 2.05) is 18.2 Å². The van der Waals surface area contributed by atoms with Gasteiger partial charge < -0.3 is 5.73 Å². The number of benzene rings is 1. The average Bonchev–Trinajstić information content (AvgIpc) is 2.22. The van der Waals surface area contributed by atoms with Gasteiger partial charge in [-0.05, 0) is 37.6 Å². The third kappa shape index (κ3) is 3.39. The Labute approximate surface area is 103 Å². The molecule has 0 bridgehead atoms. The van der Waals surface area contributed by atoms with E-state index in [0.29, 0.717) is 22.7 Å². The third-order valence-electron chi connectivity index (χ3n) is 3.15. The van der Waals surface area contributed by atoms with Crippen molar-refractivity contribution in [1.29, 1.82) is 0 Å². The summed E-state index contributed by atoms with van der Waals surface area (Å²) in [5, 5.41) is 0.628. The molecule has 0 radical (unpaired) electrons. The lowest BCUT2D eigenvalue weighted by Crippen LogP contribution is -2.32. The molecule has 1 atom stereocenters. The molecular weight excluding hydrogens is 220 g/mol. The van der Waals surface area contributed by atoms with Crippen LogP contribution >= 0.6 is 11.6 Å². The van der Waals surface area contributed by atoms with E-state index in [0.717, 1.165) is 6.54 Å². The maximum atomic E-state index is 5.89. The molecule has 0 aromatic heterocycles. The molecule has 0 aliphatic carbocycles. The van der Waals surface area contributed by atoms with Gasteiger partial charge in [0.15, 0.2) is 0 Å². The van der Waals surface area contributed by atoms with E-state index in [1.54, 1.807) is 0 Å². The van der Waals surface area contributed by atoms with Gasteiger partial charge in [-0.3, -0.25) is 4.90 Å². The van der Waals surface area contributed by atoms with E-state index < -0.39 is 0 Å². The summed E-state index contributed by atoms with van der Waals surface area (Å²) in [6, 6.07) is 6.39. The highest BCUT2D eigenvalue weighted by Gasteiger charge is 2.13. The zero-order valence-electron chi connectivity index (χ0n) is 10.5. The highest BCUT2D eigenvalue weighted by atomic mass is 35.5. The van der Waals surface area contributed by atoms with Gasteiger partial charge in [-0.25, -0.2) is 0 Å². The van der Waals surface area contributed by atoms with Gasteiger partial charge in [-0.2, -0.15) is 0 Å². The first kappa shape index (κ1) is 13.3. The molecule has 2 N–H and O–H groups in total. The van der Waals surface area contributed by atoms with Crippen molar-refractivity contribution in [3.63, 3.8) is 0 Å². The number of rotatable bonds is 4. The van der Waals surface area contributed by atoms with Crippen LogP contribution in [0.1, 0.15) is 26.3 Å². The van der Waals surface area contributed by atoms with Crippen LogP contribution in [0.25, 0.3) is 0 Å². The van der Waals surface area contributed by atoms with E-state index in [-0.39, 0.29) is 0 Å². The number of nitrogens with two attached hydrogens (primary N) is 1. The quantitative estimate of drug-likeness (QED) is 0.818. The van der Waals surface area contributed by atoms with Crippen molar-refractivity contribution in [3.8, 4) is 0 Å². The molecule has 0 saturated heterocycles. The monoisotopic (exact) mass is 240 g/mol. The minimum absolute atomic E-state index is 0.553. The number of hydrogen-bond donors (Lipinski definition) is 1. The number of halogens is 1. The van der Waals surface area contributed by atoms with Gasteiger partial charge in [-0.1, -0.05) is 31.5 Å². The summed E-state index contributed by atoms with van der Waals surface area (Å²) in [5.74, 6) is 0.648. The maximum absolute atomic E-state index is 5.89. The second-order valence-electron chi connectivity index (χ2n) is 4.76. The van der Waals surface area contributed by atoms with Crippen LogP contribution in [0.5, 0.6) is 0 Å². The van der Waals surface area contributed by atoms with Crippen molar-refractivity contribution in [2.24, 2.45) is 5.92 Å². The molecule has 0 spiro atoms. The first-order valence-electron chi connectivity index (χ1n) is 5.66. The molecule has 3 heteroatoms. The van der Waals surface area contributed by atoms with Crippen molar-refractivity contribution in [1.82, 2.24) is 4.90 Å². The predicted octanol–water partition coefficient (Wildman–Crippen LogP) is 3.40. The van der Waals surface area contributed by atoms with Gasteiger partial charge in [0, 0.05) is 12.6 Å². The van der Waals surface area contributed by atoms with Crippen molar-refractivity contribution in [3.05, 3.63) is 28.8 Å². The van der Waals surface area contributed by atoms with Gasteiger partial charge in [0.05, 0.1) is 10.7 Å². The standard InChI is InChI=1S/C13H21ClN2/c1-9(2)10(3)16(4)8-11-5-6-12(14)13(15)7-11/h5-7,9-10H,8,15H2,1-4H3. The van der Waals surface area contributed by atoms with Crippen LogP contribution in [-0.2, 0) is 6.54 Å². The maximum Gasteiger partial charge on any atom is 0.0635 e. The fourth-order valence-electron chi connectivity index (χ4n) is 1.63. The van der Waals surface area contributed by atoms with E-state index in [4.69, 9.17) is 17.3 Å². The predicted molar refractivity (Wildman–Crippen MR) is 71.6 cm³/mol. The average molecular weight is 241 g/mol. The SMILES string of the molecule is CC(C)C(C)N(C)Cc1ccc(Cl)c(N)c1. The largest absolute Gasteiger partial charge is 0.398 e. The van der Waals surface area contributed by atoms with Crippen molar-refractivity contribution in [2.45, 2.75) is 33.4 Å². The van der Waals surface area contributed by atoms with Gasteiger partial charge in [0.1, 0.15) is 0 Å². The minimum Gasteiger partial charge on any atom is -0.398 e. The molecule has 0 saturated carbocycles. The van der Waals surface area contributed by atoms with Crippen LogP contribution < -0.4 is 5.73 Å². The van der Waals surface area contributed by atoms with Gasteiger partial charge >= 0.3 is 0 Å². The Hall–Kier alpha value is -0.730. The summed E-state index contributed by atoms with van der Waals surface area (Å²) in [6.45, 7) is 7.61. The van der Waals surface area contributed by atoms with Gasteiger partial charge in [-0.15, -0.1) is 0 Å². The first-order chi connectivity index (χ1) is 7.41. The Bertz CT molecular complexity index is 350. The molecule has 0 aliphatic heterocycles. The van der Waals surface area contributed by atoms with Crippen molar-refractivity contribution >= 4 is 17.3 Å². The Morgan fingerprint density at radius 2 is 1.94 bits per heavy atom. The molecule has 16 heavy (non-hydrogen) atoms. The smallest absolute Gasteiger partial charge is 0.0635 e. The Morgan fingerprint density at radius 1 is 1.31 bits per heavy atom. The fourth-order valence-corrected chi connectivity index (χ4v) is 1.75. The topological polar surface area (TPSA) is 29.3 Å². The molecule has 2 nitrogen and oxygen atoms in total. The Morgan fingerprint density at radius 3 is 2.44 bits per heavy atom. The summed E-state index contributed by atoms with van der Waals surface area (Å²) >= 11 is 5.89. The van der Waals surface area contributed by atoms with Crippen molar-refractivity contribution in [2.75, 3.05) is 12.8 Å². The fraction of sp³-hybridized carbons (Fsp3) is 0.538. The second kappa shape index (κ2) is 5.55. The number of hydrogen-bond acceptors (Lipinski definition) is 2. The zero-order valence-corrected chi connectivity index (χ0v) is 11.3. The Balaban J connectivity index is 2.69. The van der Waals surface area contributed by atoms with Crippen LogP contribution in [0, 0.1) is 5.92 Å². The summed E-state index contributed by atoms with van der Waals surface area (Å²) < 4.78 is 0. The molecular formula is C13H21ClN2. The van der Waals surface area contributed by atoms with Crippen LogP contribution in [0.15, 0.2) is 18.2 Å². The lowest BCUT2D eigenvalue weighted by molar-refractivity contribution is 0.200. The van der Waals surface area contributed by atoms with E-state index >= 15 is 0 Å². The molecule has 1 rings (SSSR count). The van der Waals surface area contributed by atoms with Crippen LogP contribution in [0.2, 0.25) is 5.02 Å². The van der Waals surface area contributed by atoms with Crippen LogP contribution in [0.3, 0.4) is 0 Å². The third-order valence-corrected chi connectivity index (χ3v) is 3.50. The van der Waals surface area contributed by atoms with E-state index in [1.165, 1.54) is 5.56 Å². The normalized spacial score (nSPS) is 13.4. The second-order valence-corrected chi connectivity index (χ2v) is 5.16. The first-order valence-corrected chi connectivity index (χ1v) is 6.03. The molecule has 0 fully saturated rings. The lowest BCUT2D eigenvalue weighted by atomic mass is 10.0. The molecule has 0 amide bonds. The molecule has 1 aromatic carbocycles. The molecule has 90 valence electrons. The van der Waals surface area contributed by atoms with E-state index in [2.05, 4.69) is 32.7 Å². The van der Waals surface area contributed by atoms with Gasteiger partial charge in [0.2, 0.25) is 0 Å². The Kier molecular flexibility index (Phi) is 4.63. The van der Waals surface area contributed by atoms with Crippen molar-refractivity contribution < 1.29 is 0 Å². The molecule has 1 unspecified atom stereocenters. The highest BCUT2D eigenvalue weighted by Crippen LogP contribution is 2.21. The number of anilines is 1. The zero-order chi connectivity index (χ0) is 12.3. The molecule has 1 aromatic rings.